The Morgan fingerprint density at radius 1 is 0.758 bits per heavy atom. The van der Waals surface area contributed by atoms with Gasteiger partial charge in [-0.05, 0) is 58.8 Å². The number of benzene rings is 4. The van der Waals surface area contributed by atoms with Gasteiger partial charge in [-0.3, -0.25) is 0 Å². The average molecular weight is 450 g/mol. The maximum atomic E-state index is 15.2. The molecular weight excluding hydrogens is 431 g/mol. The number of hydrogen-bond donors (Lipinski definition) is 0. The molecule has 0 unspecified atom stereocenters. The Balaban J connectivity index is 1.64. The lowest BCUT2D eigenvalue weighted by molar-refractivity contribution is -0.127. The van der Waals surface area contributed by atoms with Crippen molar-refractivity contribution in [3.05, 3.63) is 107 Å². The zero-order valence-corrected chi connectivity index (χ0v) is 17.7. The van der Waals surface area contributed by atoms with Crippen LogP contribution in [0.3, 0.4) is 0 Å². The predicted octanol–water partition coefficient (Wildman–Crippen LogP) is 7.85. The Hall–Kier alpha value is -3.65. The van der Waals surface area contributed by atoms with Crippen molar-refractivity contribution in [2.75, 3.05) is 0 Å². The highest BCUT2D eigenvalue weighted by Crippen LogP contribution is 2.31. The summed E-state index contributed by atoms with van der Waals surface area (Å²) in [7, 11) is 0. The van der Waals surface area contributed by atoms with Crippen LogP contribution in [0.15, 0.2) is 72.8 Å². The fourth-order valence-electron chi connectivity index (χ4n) is 3.63. The predicted molar refractivity (Wildman–Crippen MR) is 121 cm³/mol. The van der Waals surface area contributed by atoms with Crippen LogP contribution in [0.5, 0.6) is 0 Å². The third kappa shape index (κ3) is 5.23. The van der Waals surface area contributed by atoms with Gasteiger partial charge in [0.1, 0.15) is 11.6 Å². The van der Waals surface area contributed by atoms with Crippen LogP contribution in [-0.4, -0.2) is 6.18 Å². The van der Waals surface area contributed by atoms with E-state index in [1.165, 1.54) is 17.7 Å². The first-order chi connectivity index (χ1) is 15.7. The molecule has 166 valence electrons. The topological polar surface area (TPSA) is 0 Å². The maximum Gasteiger partial charge on any atom is 0.393 e. The highest BCUT2D eigenvalue weighted by Gasteiger charge is 2.29. The lowest BCUT2D eigenvalue weighted by Crippen LogP contribution is -2.12. The van der Waals surface area contributed by atoms with Gasteiger partial charge in [0, 0.05) is 22.1 Å². The van der Waals surface area contributed by atoms with Gasteiger partial charge in [-0.15, -0.1) is 0 Å². The van der Waals surface area contributed by atoms with Gasteiger partial charge in [0.15, 0.2) is 0 Å². The molecule has 33 heavy (non-hydrogen) atoms. The molecule has 0 aliphatic rings. The third-order valence-corrected chi connectivity index (χ3v) is 5.42. The number of halogens is 5. The molecule has 0 radical (unpaired) electrons. The minimum atomic E-state index is -4.52. The number of hydrogen-bond acceptors (Lipinski definition) is 0. The molecule has 0 bridgehead atoms. The summed E-state index contributed by atoms with van der Waals surface area (Å²) in [6, 6.07) is 19.5. The Morgan fingerprint density at radius 3 is 2.12 bits per heavy atom. The van der Waals surface area contributed by atoms with Crippen LogP contribution >= 0.6 is 0 Å². The van der Waals surface area contributed by atoms with Crippen molar-refractivity contribution in [3.63, 3.8) is 0 Å². The second-order valence-electron chi connectivity index (χ2n) is 7.76. The van der Waals surface area contributed by atoms with E-state index in [1.54, 1.807) is 24.3 Å². The Labute approximate surface area is 188 Å². The Morgan fingerprint density at radius 2 is 1.45 bits per heavy atom. The summed E-state index contributed by atoms with van der Waals surface area (Å²) in [6.07, 6.45) is -4.93. The van der Waals surface area contributed by atoms with Gasteiger partial charge in [-0.1, -0.05) is 61.2 Å². The van der Waals surface area contributed by atoms with Crippen LogP contribution in [0.2, 0.25) is 0 Å². The summed E-state index contributed by atoms with van der Waals surface area (Å²) in [4.78, 5) is 0. The molecule has 0 heterocycles. The van der Waals surface area contributed by atoms with Crippen molar-refractivity contribution >= 4 is 10.8 Å². The molecule has 0 spiro atoms. The van der Waals surface area contributed by atoms with Crippen LogP contribution in [0.25, 0.3) is 21.9 Å². The van der Waals surface area contributed by atoms with E-state index in [-0.39, 0.29) is 11.1 Å². The molecular formula is C28H19F5. The molecule has 5 heteroatoms. The van der Waals surface area contributed by atoms with E-state index in [0.29, 0.717) is 10.8 Å². The molecule has 0 aliphatic heterocycles. The summed E-state index contributed by atoms with van der Waals surface area (Å²) < 4.78 is 67.1. The van der Waals surface area contributed by atoms with E-state index in [2.05, 4.69) is 18.8 Å². The Bertz CT molecular complexity index is 1370. The van der Waals surface area contributed by atoms with E-state index in [0.717, 1.165) is 29.7 Å². The molecule has 0 amide bonds. The fourth-order valence-corrected chi connectivity index (χ4v) is 3.63. The second kappa shape index (κ2) is 9.07. The normalized spacial score (nSPS) is 11.3. The van der Waals surface area contributed by atoms with Gasteiger partial charge < -0.3 is 0 Å². The van der Waals surface area contributed by atoms with Crippen LogP contribution in [0.1, 0.15) is 29.2 Å². The lowest BCUT2D eigenvalue weighted by Gasteiger charge is -2.11. The van der Waals surface area contributed by atoms with E-state index in [9.17, 15) is 17.6 Å². The largest absolute Gasteiger partial charge is 0.393 e. The minimum absolute atomic E-state index is 0.120. The molecule has 0 saturated carbocycles. The monoisotopic (exact) mass is 450 g/mol. The van der Waals surface area contributed by atoms with Crippen LogP contribution in [0, 0.1) is 23.5 Å². The summed E-state index contributed by atoms with van der Waals surface area (Å²) in [5.74, 6) is 4.59. The van der Waals surface area contributed by atoms with Gasteiger partial charge in [0.2, 0.25) is 0 Å². The molecule has 0 aromatic heterocycles. The smallest absolute Gasteiger partial charge is 0.207 e. The molecule has 0 aliphatic carbocycles. The summed E-state index contributed by atoms with van der Waals surface area (Å²) in [5.41, 5.74) is 2.65. The molecule has 0 atom stereocenters. The van der Waals surface area contributed by atoms with E-state index < -0.39 is 29.8 Å². The van der Waals surface area contributed by atoms with Gasteiger partial charge in [-0.25, -0.2) is 8.78 Å². The molecule has 0 nitrogen and oxygen atoms in total. The summed E-state index contributed by atoms with van der Waals surface area (Å²) in [5, 5.41) is 0.948. The summed E-state index contributed by atoms with van der Waals surface area (Å²) >= 11 is 0. The van der Waals surface area contributed by atoms with E-state index >= 15 is 4.39 Å². The first-order valence-electron chi connectivity index (χ1n) is 10.4. The van der Waals surface area contributed by atoms with Crippen molar-refractivity contribution in [2.24, 2.45) is 0 Å². The van der Waals surface area contributed by atoms with Crippen LogP contribution < -0.4 is 0 Å². The Kier molecular flexibility index (Phi) is 6.20. The number of rotatable bonds is 3. The highest BCUT2D eigenvalue weighted by atomic mass is 19.4. The molecule has 0 fully saturated rings. The van der Waals surface area contributed by atoms with Gasteiger partial charge in [-0.2, -0.15) is 13.2 Å². The highest BCUT2D eigenvalue weighted by molar-refractivity contribution is 5.89. The minimum Gasteiger partial charge on any atom is -0.207 e. The molecule has 4 aromatic rings. The number of fused-ring (bicyclic) bond motifs is 1. The van der Waals surface area contributed by atoms with E-state index in [4.69, 9.17) is 0 Å². The number of alkyl halides is 3. The van der Waals surface area contributed by atoms with Gasteiger partial charge >= 0.3 is 6.18 Å². The van der Waals surface area contributed by atoms with E-state index in [1.807, 2.05) is 24.3 Å². The first kappa shape index (κ1) is 22.5. The van der Waals surface area contributed by atoms with Crippen LogP contribution in [-0.2, 0) is 12.8 Å². The molecule has 0 N–H and O–H groups in total. The van der Waals surface area contributed by atoms with Crippen molar-refractivity contribution in [3.8, 4) is 23.0 Å². The van der Waals surface area contributed by atoms with Gasteiger partial charge in [0.05, 0.1) is 6.42 Å². The van der Waals surface area contributed by atoms with Crippen molar-refractivity contribution in [1.82, 2.24) is 0 Å². The SMILES string of the molecule is CCc1ccc(C#Cc2ccc3c(F)c(-c4ccc(CC(F)(F)F)c(F)c4)ccc3c2)cc1. The number of aryl methyl sites for hydroxylation is 1. The first-order valence-corrected chi connectivity index (χ1v) is 10.4. The van der Waals surface area contributed by atoms with Gasteiger partial charge in [0.25, 0.3) is 0 Å². The molecule has 0 saturated heterocycles. The van der Waals surface area contributed by atoms with Crippen molar-refractivity contribution < 1.29 is 22.0 Å². The second-order valence-corrected chi connectivity index (χ2v) is 7.76. The fraction of sp³-hybridized carbons (Fsp3) is 0.143. The maximum absolute atomic E-state index is 15.2. The summed E-state index contributed by atoms with van der Waals surface area (Å²) in [6.45, 7) is 2.08. The molecule has 4 rings (SSSR count). The van der Waals surface area contributed by atoms with Crippen LogP contribution in [0.4, 0.5) is 22.0 Å². The van der Waals surface area contributed by atoms with Crippen molar-refractivity contribution in [1.29, 1.82) is 0 Å². The zero-order valence-electron chi connectivity index (χ0n) is 17.7. The standard InChI is InChI=1S/C28H19F5/c1-2-18-3-5-19(6-4-18)7-8-20-9-13-24-21(15-20)12-14-25(27(24)30)22-10-11-23(26(29)16-22)17-28(31,32)33/h3-6,9-16H,2,17H2,1H3. The zero-order chi connectivity index (χ0) is 23.6. The third-order valence-electron chi connectivity index (χ3n) is 5.42. The van der Waals surface area contributed by atoms with Crippen molar-refractivity contribution in [2.45, 2.75) is 25.9 Å². The molecule has 4 aromatic carbocycles. The lowest BCUT2D eigenvalue weighted by atomic mass is 9.97. The average Bonchev–Trinajstić information content (AvgIpc) is 2.79. The quantitative estimate of drug-likeness (QED) is 0.220.